The molecule has 1 N–H and O–H groups in total. The molecular formula is C14H16FN3O. The van der Waals surface area contributed by atoms with Crippen molar-refractivity contribution in [2.45, 2.75) is 31.9 Å². The van der Waals surface area contributed by atoms with Crippen LogP contribution in [-0.2, 0) is 4.74 Å². The van der Waals surface area contributed by atoms with E-state index in [1.165, 1.54) is 18.5 Å². The van der Waals surface area contributed by atoms with Crippen LogP contribution < -0.4 is 5.32 Å². The highest BCUT2D eigenvalue weighted by Gasteiger charge is 2.29. The van der Waals surface area contributed by atoms with Gasteiger partial charge in [0, 0.05) is 18.0 Å². The van der Waals surface area contributed by atoms with Crippen molar-refractivity contribution < 1.29 is 9.13 Å². The van der Waals surface area contributed by atoms with Crippen LogP contribution in [0.15, 0.2) is 24.5 Å². The Morgan fingerprint density at radius 2 is 2.21 bits per heavy atom. The standard InChI is InChI=1S/C14H16FN3O/c1-2-19-11-6-10(7-11)18-14-12-5-9(15)3-4-13(12)16-8-17-14/h3-5,8,10-11H,2,6-7H2,1H3,(H,16,17,18). The molecule has 1 aliphatic rings. The van der Waals surface area contributed by atoms with Gasteiger partial charge in [-0.25, -0.2) is 14.4 Å². The van der Waals surface area contributed by atoms with Gasteiger partial charge < -0.3 is 10.1 Å². The van der Waals surface area contributed by atoms with Gasteiger partial charge in [-0.3, -0.25) is 0 Å². The van der Waals surface area contributed by atoms with Gasteiger partial charge in [-0.1, -0.05) is 0 Å². The number of benzene rings is 1. The highest BCUT2D eigenvalue weighted by Crippen LogP contribution is 2.28. The second kappa shape index (κ2) is 5.09. The van der Waals surface area contributed by atoms with Crippen LogP contribution in [0.25, 0.3) is 10.9 Å². The molecule has 1 aromatic carbocycles. The van der Waals surface area contributed by atoms with Crippen molar-refractivity contribution in [2.75, 3.05) is 11.9 Å². The van der Waals surface area contributed by atoms with Gasteiger partial charge in [0.15, 0.2) is 0 Å². The van der Waals surface area contributed by atoms with Crippen molar-refractivity contribution in [3.63, 3.8) is 0 Å². The Hall–Kier alpha value is -1.75. The fraction of sp³-hybridized carbons (Fsp3) is 0.429. The molecule has 4 nitrogen and oxygen atoms in total. The summed E-state index contributed by atoms with van der Waals surface area (Å²) in [5, 5.41) is 4.06. The molecule has 0 spiro atoms. The molecule has 0 unspecified atom stereocenters. The van der Waals surface area contributed by atoms with Crippen LogP contribution in [0.3, 0.4) is 0 Å². The highest BCUT2D eigenvalue weighted by molar-refractivity contribution is 5.88. The fourth-order valence-electron chi connectivity index (χ4n) is 2.39. The molecule has 0 amide bonds. The maximum absolute atomic E-state index is 13.3. The molecule has 1 aliphatic carbocycles. The molecule has 0 saturated heterocycles. The van der Waals surface area contributed by atoms with Crippen molar-refractivity contribution in [1.82, 2.24) is 9.97 Å². The Kier molecular flexibility index (Phi) is 3.29. The van der Waals surface area contributed by atoms with E-state index in [1.54, 1.807) is 6.07 Å². The Balaban J connectivity index is 1.76. The molecule has 3 rings (SSSR count). The van der Waals surface area contributed by atoms with Crippen LogP contribution in [0.1, 0.15) is 19.8 Å². The van der Waals surface area contributed by atoms with Gasteiger partial charge in [0.1, 0.15) is 18.0 Å². The van der Waals surface area contributed by atoms with Crippen LogP contribution in [0, 0.1) is 5.82 Å². The summed E-state index contributed by atoms with van der Waals surface area (Å²) in [4.78, 5) is 8.35. The minimum absolute atomic E-state index is 0.272. The molecule has 1 heterocycles. The molecule has 1 saturated carbocycles. The number of nitrogens with zero attached hydrogens (tertiary/aromatic N) is 2. The second-order valence-corrected chi connectivity index (χ2v) is 4.77. The van der Waals surface area contributed by atoms with Gasteiger partial charge >= 0.3 is 0 Å². The molecule has 2 aromatic rings. The van der Waals surface area contributed by atoms with Crippen LogP contribution in [0.2, 0.25) is 0 Å². The lowest BCUT2D eigenvalue weighted by molar-refractivity contribution is 0.00295. The Morgan fingerprint density at radius 1 is 1.37 bits per heavy atom. The maximum atomic E-state index is 13.3. The minimum atomic E-state index is -0.272. The van der Waals surface area contributed by atoms with Crippen LogP contribution in [0.4, 0.5) is 10.2 Å². The molecular weight excluding hydrogens is 245 g/mol. The Bertz CT molecular complexity index is 584. The van der Waals surface area contributed by atoms with E-state index in [4.69, 9.17) is 4.74 Å². The van der Waals surface area contributed by atoms with Gasteiger partial charge in [-0.2, -0.15) is 0 Å². The van der Waals surface area contributed by atoms with Crippen LogP contribution in [0.5, 0.6) is 0 Å². The van der Waals surface area contributed by atoms with Gasteiger partial charge in [-0.05, 0) is 38.0 Å². The first-order chi connectivity index (χ1) is 9.26. The number of rotatable bonds is 4. The summed E-state index contributed by atoms with van der Waals surface area (Å²) < 4.78 is 18.8. The Labute approximate surface area is 111 Å². The van der Waals surface area contributed by atoms with Gasteiger partial charge in [0.25, 0.3) is 0 Å². The zero-order chi connectivity index (χ0) is 13.2. The number of halogens is 1. The highest BCUT2D eigenvalue weighted by atomic mass is 19.1. The number of aromatic nitrogens is 2. The minimum Gasteiger partial charge on any atom is -0.378 e. The van der Waals surface area contributed by atoms with Crippen molar-refractivity contribution in [3.8, 4) is 0 Å². The van der Waals surface area contributed by atoms with Crippen molar-refractivity contribution in [2.24, 2.45) is 0 Å². The van der Waals surface area contributed by atoms with Gasteiger partial charge in [0.2, 0.25) is 0 Å². The predicted octanol–water partition coefficient (Wildman–Crippen LogP) is 2.75. The number of hydrogen-bond donors (Lipinski definition) is 1. The molecule has 1 fully saturated rings. The smallest absolute Gasteiger partial charge is 0.137 e. The number of ether oxygens (including phenoxy) is 1. The third kappa shape index (κ3) is 2.51. The van der Waals surface area contributed by atoms with Crippen LogP contribution >= 0.6 is 0 Å². The van der Waals surface area contributed by atoms with E-state index in [9.17, 15) is 4.39 Å². The molecule has 100 valence electrons. The van der Waals surface area contributed by atoms with Crippen molar-refractivity contribution in [3.05, 3.63) is 30.3 Å². The number of anilines is 1. The van der Waals surface area contributed by atoms with Gasteiger partial charge in [0.05, 0.1) is 11.6 Å². The lowest BCUT2D eigenvalue weighted by Gasteiger charge is -2.35. The molecule has 0 bridgehead atoms. The van der Waals surface area contributed by atoms with Crippen molar-refractivity contribution >= 4 is 16.7 Å². The number of hydrogen-bond acceptors (Lipinski definition) is 4. The summed E-state index contributed by atoms with van der Waals surface area (Å²) in [6, 6.07) is 4.89. The first-order valence-corrected chi connectivity index (χ1v) is 6.54. The number of nitrogens with one attached hydrogen (secondary N) is 1. The van der Waals surface area contributed by atoms with E-state index in [0.717, 1.165) is 30.4 Å². The zero-order valence-electron chi connectivity index (χ0n) is 10.8. The van der Waals surface area contributed by atoms with Gasteiger partial charge in [-0.15, -0.1) is 0 Å². The zero-order valence-corrected chi connectivity index (χ0v) is 10.8. The van der Waals surface area contributed by atoms with E-state index in [-0.39, 0.29) is 5.82 Å². The number of fused-ring (bicyclic) bond motifs is 1. The lowest BCUT2D eigenvalue weighted by atomic mass is 9.89. The largest absolute Gasteiger partial charge is 0.378 e. The molecule has 0 radical (unpaired) electrons. The van der Waals surface area contributed by atoms with E-state index < -0.39 is 0 Å². The topological polar surface area (TPSA) is 47.0 Å². The molecule has 1 aromatic heterocycles. The molecule has 0 atom stereocenters. The summed E-state index contributed by atoms with van der Waals surface area (Å²) in [7, 11) is 0. The maximum Gasteiger partial charge on any atom is 0.137 e. The van der Waals surface area contributed by atoms with E-state index in [0.29, 0.717) is 18.0 Å². The average molecular weight is 261 g/mol. The second-order valence-electron chi connectivity index (χ2n) is 4.77. The van der Waals surface area contributed by atoms with E-state index in [1.807, 2.05) is 6.92 Å². The summed E-state index contributed by atoms with van der Waals surface area (Å²) >= 11 is 0. The molecule has 0 aliphatic heterocycles. The van der Waals surface area contributed by atoms with Crippen molar-refractivity contribution in [1.29, 1.82) is 0 Å². The summed E-state index contributed by atoms with van der Waals surface area (Å²) in [5.74, 6) is 0.426. The monoisotopic (exact) mass is 261 g/mol. The first kappa shape index (κ1) is 12.3. The normalized spacial score (nSPS) is 22.2. The summed E-state index contributed by atoms with van der Waals surface area (Å²) in [6.07, 6.45) is 3.78. The quantitative estimate of drug-likeness (QED) is 0.919. The average Bonchev–Trinajstić information content (AvgIpc) is 2.37. The van der Waals surface area contributed by atoms with Crippen LogP contribution in [-0.4, -0.2) is 28.7 Å². The third-order valence-electron chi connectivity index (χ3n) is 3.44. The Morgan fingerprint density at radius 3 is 3.00 bits per heavy atom. The fourth-order valence-corrected chi connectivity index (χ4v) is 2.39. The van der Waals surface area contributed by atoms with E-state index >= 15 is 0 Å². The lowest BCUT2D eigenvalue weighted by Crippen LogP contribution is -2.41. The predicted molar refractivity (Wildman–Crippen MR) is 71.6 cm³/mol. The summed E-state index contributed by atoms with van der Waals surface area (Å²) in [6.45, 7) is 2.75. The third-order valence-corrected chi connectivity index (χ3v) is 3.44. The molecule has 19 heavy (non-hydrogen) atoms. The summed E-state index contributed by atoms with van der Waals surface area (Å²) in [5.41, 5.74) is 0.750. The molecule has 5 heteroatoms. The first-order valence-electron chi connectivity index (χ1n) is 6.54. The SMILES string of the molecule is CCOC1CC(Nc2ncnc3ccc(F)cc23)C1. The van der Waals surface area contributed by atoms with E-state index in [2.05, 4.69) is 15.3 Å².